The second kappa shape index (κ2) is 51.4. The number of esters is 3. The van der Waals surface area contributed by atoms with Crippen molar-refractivity contribution in [2.24, 2.45) is 5.92 Å². The third-order valence-electron chi connectivity index (χ3n) is 13.0. The average Bonchev–Trinajstić information content (AvgIpc) is 3.27. The number of carbonyl (C=O) groups is 3. The molecule has 0 heterocycles. The molecule has 6 nitrogen and oxygen atoms in total. The van der Waals surface area contributed by atoms with E-state index in [1.54, 1.807) is 0 Å². The first-order chi connectivity index (χ1) is 30.9. The van der Waals surface area contributed by atoms with Crippen LogP contribution in [0.3, 0.4) is 0 Å². The van der Waals surface area contributed by atoms with Crippen molar-refractivity contribution in [3.8, 4) is 0 Å². The van der Waals surface area contributed by atoms with Crippen LogP contribution in [0.4, 0.5) is 0 Å². The summed E-state index contributed by atoms with van der Waals surface area (Å²) in [5, 5.41) is 0. The maximum Gasteiger partial charge on any atom is 0.306 e. The molecule has 0 unspecified atom stereocenters. The Morgan fingerprint density at radius 2 is 0.524 bits per heavy atom. The molecule has 0 fully saturated rings. The molecule has 0 aromatic rings. The first-order valence-electron chi connectivity index (χ1n) is 28.4. The van der Waals surface area contributed by atoms with E-state index >= 15 is 0 Å². The molecule has 0 aliphatic heterocycles. The lowest BCUT2D eigenvalue weighted by atomic mass is 10.0. The van der Waals surface area contributed by atoms with Gasteiger partial charge in [0.1, 0.15) is 13.2 Å². The maximum absolute atomic E-state index is 12.8. The van der Waals surface area contributed by atoms with Crippen molar-refractivity contribution >= 4 is 17.9 Å². The normalized spacial score (nSPS) is 12.0. The van der Waals surface area contributed by atoms with E-state index in [-0.39, 0.29) is 31.1 Å². The van der Waals surface area contributed by atoms with Gasteiger partial charge >= 0.3 is 17.9 Å². The van der Waals surface area contributed by atoms with Gasteiger partial charge in [0.25, 0.3) is 0 Å². The minimum Gasteiger partial charge on any atom is -0.462 e. The predicted molar refractivity (Wildman–Crippen MR) is 270 cm³/mol. The summed E-state index contributed by atoms with van der Waals surface area (Å²) in [6.07, 6.45) is 55.2. The molecule has 0 aliphatic rings. The van der Waals surface area contributed by atoms with E-state index in [1.165, 1.54) is 218 Å². The van der Waals surface area contributed by atoms with Gasteiger partial charge in [0.15, 0.2) is 6.10 Å². The molecule has 0 radical (unpaired) electrons. The van der Waals surface area contributed by atoms with E-state index < -0.39 is 6.10 Å². The van der Waals surface area contributed by atoms with Crippen LogP contribution in [0, 0.1) is 5.92 Å². The lowest BCUT2D eigenvalue weighted by Crippen LogP contribution is -2.30. The Balaban J connectivity index is 4.26. The summed E-state index contributed by atoms with van der Waals surface area (Å²) < 4.78 is 16.9. The number of carbonyl (C=O) groups excluding carboxylic acids is 3. The van der Waals surface area contributed by atoms with Gasteiger partial charge in [0.2, 0.25) is 0 Å². The Morgan fingerprint density at radius 1 is 0.302 bits per heavy atom. The van der Waals surface area contributed by atoms with Crippen molar-refractivity contribution in [2.45, 2.75) is 329 Å². The van der Waals surface area contributed by atoms with Crippen molar-refractivity contribution in [1.29, 1.82) is 0 Å². The second-order valence-corrected chi connectivity index (χ2v) is 20.1. The smallest absolute Gasteiger partial charge is 0.306 e. The third-order valence-corrected chi connectivity index (χ3v) is 13.0. The number of unbranched alkanes of at least 4 members (excludes halogenated alkanes) is 39. The summed E-state index contributed by atoms with van der Waals surface area (Å²) in [4.78, 5) is 38.1. The second-order valence-electron chi connectivity index (χ2n) is 20.1. The molecule has 0 rings (SSSR count). The molecule has 0 saturated carbocycles. The highest BCUT2D eigenvalue weighted by atomic mass is 16.6. The van der Waals surface area contributed by atoms with E-state index in [0.29, 0.717) is 19.3 Å². The maximum atomic E-state index is 12.8. The van der Waals surface area contributed by atoms with Crippen LogP contribution in [-0.4, -0.2) is 37.2 Å². The standard InChI is InChI=1S/C57H110O6/c1-5-7-9-11-13-15-17-18-19-22-25-29-33-37-41-45-49-56(59)62-52-54(51-61-55(58)48-44-40-36-32-27-16-14-12-10-8-6-2)63-57(60)50-46-42-38-34-30-26-23-20-21-24-28-31-35-39-43-47-53(3)4/h53-54H,5-52H2,1-4H3/t54-/m0/s1. The van der Waals surface area contributed by atoms with Crippen molar-refractivity contribution in [1.82, 2.24) is 0 Å². The monoisotopic (exact) mass is 891 g/mol. The van der Waals surface area contributed by atoms with E-state index in [1.807, 2.05) is 0 Å². The summed E-state index contributed by atoms with van der Waals surface area (Å²) >= 11 is 0. The molecule has 0 spiro atoms. The van der Waals surface area contributed by atoms with Crippen molar-refractivity contribution < 1.29 is 28.6 Å². The first-order valence-corrected chi connectivity index (χ1v) is 28.4. The molecule has 63 heavy (non-hydrogen) atoms. The van der Waals surface area contributed by atoms with Gasteiger partial charge in [-0.05, 0) is 25.2 Å². The molecule has 0 aromatic carbocycles. The summed E-state index contributed by atoms with van der Waals surface area (Å²) in [5.41, 5.74) is 0. The van der Waals surface area contributed by atoms with E-state index in [2.05, 4.69) is 27.7 Å². The van der Waals surface area contributed by atoms with Crippen molar-refractivity contribution in [3.63, 3.8) is 0 Å². The molecular formula is C57H110O6. The van der Waals surface area contributed by atoms with Gasteiger partial charge in [0, 0.05) is 19.3 Å². The van der Waals surface area contributed by atoms with Crippen LogP contribution in [0.2, 0.25) is 0 Å². The Bertz CT molecular complexity index is 949. The molecule has 0 aromatic heterocycles. The highest BCUT2D eigenvalue weighted by Crippen LogP contribution is 2.18. The molecule has 0 saturated heterocycles. The first kappa shape index (κ1) is 61.4. The fourth-order valence-corrected chi connectivity index (χ4v) is 8.75. The molecule has 0 amide bonds. The highest BCUT2D eigenvalue weighted by Gasteiger charge is 2.19. The van der Waals surface area contributed by atoms with E-state index in [0.717, 1.165) is 63.7 Å². The van der Waals surface area contributed by atoms with Crippen LogP contribution >= 0.6 is 0 Å². The van der Waals surface area contributed by atoms with Gasteiger partial charge in [-0.1, -0.05) is 285 Å². The highest BCUT2D eigenvalue weighted by molar-refractivity contribution is 5.71. The minimum absolute atomic E-state index is 0.0619. The zero-order chi connectivity index (χ0) is 45.9. The summed E-state index contributed by atoms with van der Waals surface area (Å²) in [7, 11) is 0. The molecular weight excluding hydrogens is 781 g/mol. The SMILES string of the molecule is CCCCCCCCCCCCCCCCCCC(=O)OC[C@H](COC(=O)CCCCCCCCCCCCC)OC(=O)CCCCCCCCCCCCCCCCCC(C)C. The molecule has 0 bridgehead atoms. The van der Waals surface area contributed by atoms with Crippen LogP contribution in [0.1, 0.15) is 323 Å². The number of ether oxygens (including phenoxy) is 3. The Hall–Kier alpha value is -1.59. The van der Waals surface area contributed by atoms with Crippen molar-refractivity contribution in [2.75, 3.05) is 13.2 Å². The van der Waals surface area contributed by atoms with E-state index in [9.17, 15) is 14.4 Å². The predicted octanol–water partition coefficient (Wildman–Crippen LogP) is 18.6. The van der Waals surface area contributed by atoms with Crippen LogP contribution in [0.5, 0.6) is 0 Å². The van der Waals surface area contributed by atoms with Gasteiger partial charge < -0.3 is 14.2 Å². The van der Waals surface area contributed by atoms with Gasteiger partial charge in [-0.15, -0.1) is 0 Å². The summed E-state index contributed by atoms with van der Waals surface area (Å²) in [6.45, 7) is 9.06. The molecule has 1 atom stereocenters. The molecule has 374 valence electrons. The quantitative estimate of drug-likeness (QED) is 0.0344. The summed E-state index contributed by atoms with van der Waals surface area (Å²) in [6, 6.07) is 0. The van der Waals surface area contributed by atoms with Gasteiger partial charge in [-0.2, -0.15) is 0 Å². The van der Waals surface area contributed by atoms with Crippen LogP contribution in [0.15, 0.2) is 0 Å². The Kier molecular flexibility index (Phi) is 50.1. The largest absolute Gasteiger partial charge is 0.462 e. The summed E-state index contributed by atoms with van der Waals surface area (Å²) in [5.74, 6) is 0.0107. The lowest BCUT2D eigenvalue weighted by Gasteiger charge is -2.18. The zero-order valence-electron chi connectivity index (χ0n) is 43.0. The van der Waals surface area contributed by atoms with E-state index in [4.69, 9.17) is 14.2 Å². The number of hydrogen-bond donors (Lipinski definition) is 0. The molecule has 6 heteroatoms. The topological polar surface area (TPSA) is 78.9 Å². The Morgan fingerprint density at radius 3 is 0.778 bits per heavy atom. The number of rotatable bonds is 52. The number of hydrogen-bond acceptors (Lipinski definition) is 6. The zero-order valence-corrected chi connectivity index (χ0v) is 43.0. The molecule has 0 aliphatic carbocycles. The average molecular weight is 892 g/mol. The van der Waals surface area contributed by atoms with Gasteiger partial charge in [-0.3, -0.25) is 14.4 Å². The van der Waals surface area contributed by atoms with Crippen molar-refractivity contribution in [3.05, 3.63) is 0 Å². The van der Waals surface area contributed by atoms with Crippen LogP contribution < -0.4 is 0 Å². The van der Waals surface area contributed by atoms with Crippen LogP contribution in [-0.2, 0) is 28.6 Å². The molecule has 0 N–H and O–H groups in total. The third kappa shape index (κ3) is 51.3. The minimum atomic E-state index is -0.761. The fourth-order valence-electron chi connectivity index (χ4n) is 8.75. The lowest BCUT2D eigenvalue weighted by molar-refractivity contribution is -0.167. The Labute approximate surface area is 393 Å². The fraction of sp³-hybridized carbons (Fsp3) is 0.947. The van der Waals surface area contributed by atoms with Gasteiger partial charge in [0.05, 0.1) is 0 Å². The van der Waals surface area contributed by atoms with Gasteiger partial charge in [-0.25, -0.2) is 0 Å². The van der Waals surface area contributed by atoms with Crippen LogP contribution in [0.25, 0.3) is 0 Å².